The zero-order valence-electron chi connectivity index (χ0n) is 12.8. The predicted molar refractivity (Wildman–Crippen MR) is 89.1 cm³/mol. The van der Waals surface area contributed by atoms with E-state index in [0.717, 1.165) is 0 Å². The minimum atomic E-state index is -1.29. The molecule has 0 atom stereocenters. The van der Waals surface area contributed by atoms with Crippen molar-refractivity contribution in [2.75, 3.05) is 0 Å². The van der Waals surface area contributed by atoms with E-state index in [1.165, 1.54) is 43.0 Å². The summed E-state index contributed by atoms with van der Waals surface area (Å²) in [5.41, 5.74) is 2.93. The number of fused-ring (bicyclic) bond motifs is 1. The molecule has 0 aliphatic carbocycles. The van der Waals surface area contributed by atoms with Crippen LogP contribution in [0.5, 0.6) is 0 Å². The van der Waals surface area contributed by atoms with Crippen molar-refractivity contribution in [1.29, 1.82) is 0 Å². The first-order valence-corrected chi connectivity index (χ1v) is 11.1. The Bertz CT molecular complexity index is 534. The Morgan fingerprint density at radius 3 is 2.42 bits per heavy atom. The highest BCUT2D eigenvalue weighted by molar-refractivity contribution is 6.88. The van der Waals surface area contributed by atoms with E-state index < -0.39 is 8.07 Å². The van der Waals surface area contributed by atoms with Crippen LogP contribution in [0.15, 0.2) is 24.3 Å². The number of para-hydroxylation sites is 1. The summed E-state index contributed by atoms with van der Waals surface area (Å²) >= 11 is 0. The minimum Gasteiger partial charge on any atom is -0.362 e. The van der Waals surface area contributed by atoms with Gasteiger partial charge in [-0.25, -0.2) is 0 Å². The lowest BCUT2D eigenvalue weighted by Crippen LogP contribution is -2.40. The van der Waals surface area contributed by atoms with Crippen LogP contribution < -0.4 is 5.32 Å². The Hall–Kier alpha value is -1.02. The van der Waals surface area contributed by atoms with Gasteiger partial charge < -0.3 is 4.98 Å². The van der Waals surface area contributed by atoms with Gasteiger partial charge in [0.1, 0.15) is 0 Å². The normalized spacial score (nSPS) is 12.2. The molecule has 1 aromatic carbocycles. The van der Waals surface area contributed by atoms with Crippen LogP contribution in [0, 0.1) is 0 Å². The molecule has 0 spiro atoms. The van der Waals surface area contributed by atoms with Gasteiger partial charge in [0.15, 0.2) is 0 Å². The summed E-state index contributed by atoms with van der Waals surface area (Å²) in [5, 5.41) is 3.02. The van der Waals surface area contributed by atoms with Gasteiger partial charge in [0.2, 0.25) is 0 Å². The van der Waals surface area contributed by atoms with Gasteiger partial charge in [0, 0.05) is 16.2 Å². The number of nitrogens with one attached hydrogen (secondary N) is 1. The van der Waals surface area contributed by atoms with Crippen LogP contribution in [0.3, 0.4) is 0 Å². The van der Waals surface area contributed by atoms with Crippen LogP contribution in [-0.2, 0) is 6.42 Å². The molecule has 1 N–H and O–H groups in total. The first-order chi connectivity index (χ1) is 9.04. The Balaban J connectivity index is 2.32. The smallest absolute Gasteiger partial charge is 0.0985 e. The number of aryl methyl sites for hydroxylation is 1. The summed E-state index contributed by atoms with van der Waals surface area (Å²) in [5.74, 6) is 0. The highest BCUT2D eigenvalue weighted by Crippen LogP contribution is 2.21. The third-order valence-electron chi connectivity index (χ3n) is 3.84. The summed E-state index contributed by atoms with van der Waals surface area (Å²) in [6.45, 7) is 9.59. The van der Waals surface area contributed by atoms with Crippen LogP contribution in [-0.4, -0.2) is 13.1 Å². The molecule has 1 heterocycles. The number of H-pyrrole nitrogens is 1. The minimum absolute atomic E-state index is 1.24. The van der Waals surface area contributed by atoms with Crippen molar-refractivity contribution >= 4 is 24.3 Å². The molecule has 0 radical (unpaired) electrons. The van der Waals surface area contributed by atoms with Gasteiger partial charge in [-0.1, -0.05) is 64.0 Å². The van der Waals surface area contributed by atoms with Crippen molar-refractivity contribution in [3.05, 3.63) is 29.8 Å². The molecule has 2 aromatic rings. The van der Waals surface area contributed by atoms with E-state index in [1.807, 2.05) is 0 Å². The lowest BCUT2D eigenvalue weighted by molar-refractivity contribution is 0.669. The SMILES string of the molecule is CCCCCCc1c([Si](C)(C)C)[nH]c2ccccc12. The number of rotatable bonds is 6. The molecule has 0 aliphatic rings. The van der Waals surface area contributed by atoms with Crippen molar-refractivity contribution in [2.45, 2.75) is 58.7 Å². The molecule has 19 heavy (non-hydrogen) atoms. The third-order valence-corrected chi connectivity index (χ3v) is 5.77. The van der Waals surface area contributed by atoms with Crippen molar-refractivity contribution in [1.82, 2.24) is 4.98 Å². The van der Waals surface area contributed by atoms with Crippen molar-refractivity contribution < 1.29 is 0 Å². The van der Waals surface area contributed by atoms with Crippen LogP contribution in [0.1, 0.15) is 38.2 Å². The fraction of sp³-hybridized carbons (Fsp3) is 0.529. The number of aromatic nitrogens is 1. The summed E-state index contributed by atoms with van der Waals surface area (Å²) in [7, 11) is -1.29. The van der Waals surface area contributed by atoms with Crippen molar-refractivity contribution in [2.24, 2.45) is 0 Å². The number of aromatic amines is 1. The van der Waals surface area contributed by atoms with E-state index in [4.69, 9.17) is 0 Å². The maximum absolute atomic E-state index is 3.71. The molecule has 2 rings (SSSR count). The zero-order chi connectivity index (χ0) is 13.9. The summed E-state index contributed by atoms with van der Waals surface area (Å²) < 4.78 is 0. The van der Waals surface area contributed by atoms with E-state index in [1.54, 1.807) is 10.9 Å². The highest BCUT2D eigenvalue weighted by atomic mass is 28.3. The molecule has 0 unspecified atom stereocenters. The third kappa shape index (κ3) is 3.30. The molecule has 0 bridgehead atoms. The highest BCUT2D eigenvalue weighted by Gasteiger charge is 2.23. The summed E-state index contributed by atoms with van der Waals surface area (Å²) in [6.07, 6.45) is 6.61. The number of hydrogen-bond donors (Lipinski definition) is 1. The van der Waals surface area contributed by atoms with Crippen LogP contribution in [0.25, 0.3) is 10.9 Å². The lowest BCUT2D eigenvalue weighted by atomic mass is 10.1. The van der Waals surface area contributed by atoms with Gasteiger partial charge in [0.05, 0.1) is 8.07 Å². The molecule has 0 amide bonds. The van der Waals surface area contributed by atoms with Gasteiger partial charge in [-0.2, -0.15) is 0 Å². The van der Waals surface area contributed by atoms with E-state index >= 15 is 0 Å². The molecule has 0 fully saturated rings. The Kier molecular flexibility index (Phi) is 4.51. The molecule has 1 aromatic heterocycles. The Morgan fingerprint density at radius 1 is 1.00 bits per heavy atom. The van der Waals surface area contributed by atoms with Gasteiger partial charge in [0.25, 0.3) is 0 Å². The first-order valence-electron chi connectivity index (χ1n) is 7.64. The topological polar surface area (TPSA) is 15.8 Å². The molecule has 1 nitrogen and oxygen atoms in total. The largest absolute Gasteiger partial charge is 0.362 e. The standard InChI is InChI=1S/C17H27NSi/c1-5-6-7-8-12-15-14-11-9-10-13-16(14)18-17(15)19(2,3)4/h9-11,13,18H,5-8,12H2,1-4H3. The predicted octanol–water partition coefficient (Wildman–Crippen LogP) is 4.84. The zero-order valence-corrected chi connectivity index (χ0v) is 13.8. The first kappa shape index (κ1) is 14.4. The van der Waals surface area contributed by atoms with Crippen LogP contribution in [0.2, 0.25) is 19.6 Å². The molecular weight excluding hydrogens is 246 g/mol. The summed E-state index contributed by atoms with van der Waals surface area (Å²) in [6, 6.07) is 8.80. The van der Waals surface area contributed by atoms with Gasteiger partial charge in [-0.15, -0.1) is 0 Å². The summed E-state index contributed by atoms with van der Waals surface area (Å²) in [4.78, 5) is 3.71. The van der Waals surface area contributed by atoms with Crippen molar-refractivity contribution in [3.8, 4) is 0 Å². The second-order valence-corrected chi connectivity index (χ2v) is 11.6. The van der Waals surface area contributed by atoms with E-state index in [9.17, 15) is 0 Å². The number of benzene rings is 1. The second kappa shape index (κ2) is 5.95. The average molecular weight is 273 g/mol. The Labute approximate surface area is 118 Å². The quantitative estimate of drug-likeness (QED) is 0.573. The molecule has 0 saturated heterocycles. The molecular formula is C17H27NSi. The molecule has 0 saturated carbocycles. The molecule has 104 valence electrons. The van der Waals surface area contributed by atoms with Gasteiger partial charge >= 0.3 is 0 Å². The van der Waals surface area contributed by atoms with Gasteiger partial charge in [-0.3, -0.25) is 0 Å². The second-order valence-electron chi connectivity index (χ2n) is 6.58. The number of unbranched alkanes of at least 4 members (excludes halogenated alkanes) is 3. The van der Waals surface area contributed by atoms with E-state index in [2.05, 4.69) is 55.8 Å². The maximum Gasteiger partial charge on any atom is 0.0985 e. The van der Waals surface area contributed by atoms with Crippen LogP contribution in [0.4, 0.5) is 0 Å². The van der Waals surface area contributed by atoms with Crippen molar-refractivity contribution in [3.63, 3.8) is 0 Å². The van der Waals surface area contributed by atoms with E-state index in [-0.39, 0.29) is 0 Å². The molecule has 2 heteroatoms. The monoisotopic (exact) mass is 273 g/mol. The maximum atomic E-state index is 3.71. The molecule has 0 aliphatic heterocycles. The Morgan fingerprint density at radius 2 is 1.74 bits per heavy atom. The lowest BCUT2D eigenvalue weighted by Gasteiger charge is -2.17. The van der Waals surface area contributed by atoms with Crippen LogP contribution >= 0.6 is 0 Å². The fourth-order valence-electron chi connectivity index (χ4n) is 2.83. The fourth-order valence-corrected chi connectivity index (χ4v) is 4.50. The van der Waals surface area contributed by atoms with Gasteiger partial charge in [-0.05, 0) is 24.5 Å². The van der Waals surface area contributed by atoms with E-state index in [0.29, 0.717) is 0 Å². The number of hydrogen-bond acceptors (Lipinski definition) is 0. The average Bonchev–Trinajstić information content (AvgIpc) is 2.74.